The van der Waals surface area contributed by atoms with Crippen molar-refractivity contribution >= 4 is 46.2 Å². The molecule has 0 aromatic heterocycles. The molecule has 3 aromatic carbocycles. The minimum atomic E-state index is -1.53. The SMILES string of the molecule is C[P+](c1ccccc1)(c1ccccc1)c1ccccc1.[Br-].[Br-].[Mg+2]. The van der Waals surface area contributed by atoms with Crippen LogP contribution in [0.3, 0.4) is 0 Å². The third-order valence-corrected chi connectivity index (χ3v) is 7.81. The van der Waals surface area contributed by atoms with Crippen LogP contribution in [0.25, 0.3) is 0 Å². The van der Waals surface area contributed by atoms with Gasteiger partial charge in [-0.3, -0.25) is 0 Å². The van der Waals surface area contributed by atoms with Crippen LogP contribution >= 0.6 is 7.26 Å². The molecule has 3 aromatic rings. The molecular weight excluding hydrogens is 443 g/mol. The normalized spacial score (nSPS) is 9.78. The minimum Gasteiger partial charge on any atom is -1.00 e. The molecule has 23 heavy (non-hydrogen) atoms. The Kier molecular flexibility index (Phi) is 10.5. The zero-order chi connectivity index (χ0) is 13.8. The van der Waals surface area contributed by atoms with Crippen molar-refractivity contribution in [3.05, 3.63) is 91.0 Å². The summed E-state index contributed by atoms with van der Waals surface area (Å²) >= 11 is 0. The number of halogens is 2. The molecule has 4 heteroatoms. The molecule has 114 valence electrons. The monoisotopic (exact) mass is 459 g/mol. The average molecular weight is 461 g/mol. The predicted octanol–water partition coefficient (Wildman–Crippen LogP) is -2.76. The first-order chi connectivity index (χ1) is 9.82. The van der Waals surface area contributed by atoms with Crippen molar-refractivity contribution in [3.8, 4) is 0 Å². The van der Waals surface area contributed by atoms with Gasteiger partial charge in [0.25, 0.3) is 0 Å². The summed E-state index contributed by atoms with van der Waals surface area (Å²) < 4.78 is 0. The van der Waals surface area contributed by atoms with Crippen LogP contribution in [0.1, 0.15) is 0 Å². The second-order valence-corrected chi connectivity index (χ2v) is 8.57. The Morgan fingerprint density at radius 2 is 0.696 bits per heavy atom. The average Bonchev–Trinajstić information content (AvgIpc) is 2.56. The van der Waals surface area contributed by atoms with E-state index in [-0.39, 0.29) is 57.0 Å². The van der Waals surface area contributed by atoms with Gasteiger partial charge in [0.05, 0.1) is 6.66 Å². The standard InChI is InChI=1S/C19H18P.2BrH.Mg/c1-20(17-11-5-2-6-12-17,18-13-7-3-8-14-18)19-15-9-4-10-16-19;;;/h2-16H,1H3;2*1H;/q+1;;;+2/p-2. The smallest absolute Gasteiger partial charge is 1.00 e. The molecule has 0 saturated heterocycles. The van der Waals surface area contributed by atoms with Gasteiger partial charge in [0.2, 0.25) is 0 Å². The molecule has 0 bridgehead atoms. The summed E-state index contributed by atoms with van der Waals surface area (Å²) in [6.07, 6.45) is 0. The van der Waals surface area contributed by atoms with Crippen LogP contribution < -0.4 is 49.9 Å². The summed E-state index contributed by atoms with van der Waals surface area (Å²) in [5, 5.41) is 4.28. The number of hydrogen-bond acceptors (Lipinski definition) is 0. The topological polar surface area (TPSA) is 0 Å². The Bertz CT molecular complexity index is 579. The Balaban J connectivity index is 0.00000161. The van der Waals surface area contributed by atoms with Gasteiger partial charge in [0.15, 0.2) is 0 Å². The summed E-state index contributed by atoms with van der Waals surface area (Å²) in [5.74, 6) is 0. The van der Waals surface area contributed by atoms with Crippen LogP contribution in [0, 0.1) is 0 Å². The fraction of sp³-hybridized carbons (Fsp3) is 0.0526. The number of hydrogen-bond donors (Lipinski definition) is 0. The zero-order valence-electron chi connectivity index (χ0n) is 13.1. The molecular formula is C19H18Br2MgP+. The molecule has 0 unspecified atom stereocenters. The summed E-state index contributed by atoms with van der Waals surface area (Å²) in [4.78, 5) is 0. The third-order valence-electron chi connectivity index (χ3n) is 3.82. The van der Waals surface area contributed by atoms with Gasteiger partial charge in [-0.2, -0.15) is 0 Å². The summed E-state index contributed by atoms with van der Waals surface area (Å²) in [6, 6.07) is 32.6. The molecule has 0 aliphatic heterocycles. The van der Waals surface area contributed by atoms with Gasteiger partial charge in [-0.25, -0.2) is 0 Å². The van der Waals surface area contributed by atoms with Gasteiger partial charge in [-0.15, -0.1) is 0 Å². The zero-order valence-corrected chi connectivity index (χ0v) is 18.6. The largest absolute Gasteiger partial charge is 2.00 e. The number of benzene rings is 3. The first kappa shape index (κ1) is 22.8. The van der Waals surface area contributed by atoms with Crippen molar-refractivity contribution in [1.29, 1.82) is 0 Å². The molecule has 0 fully saturated rings. The van der Waals surface area contributed by atoms with Crippen molar-refractivity contribution < 1.29 is 34.0 Å². The molecule has 0 saturated carbocycles. The van der Waals surface area contributed by atoms with E-state index in [1.165, 1.54) is 15.9 Å². The molecule has 0 aliphatic carbocycles. The van der Waals surface area contributed by atoms with E-state index in [1.54, 1.807) is 0 Å². The van der Waals surface area contributed by atoms with Crippen LogP contribution in [-0.4, -0.2) is 29.7 Å². The van der Waals surface area contributed by atoms with Gasteiger partial charge in [-0.1, -0.05) is 54.6 Å². The molecule has 3 rings (SSSR count). The van der Waals surface area contributed by atoms with Crippen LogP contribution in [-0.2, 0) is 0 Å². The first-order valence-electron chi connectivity index (χ1n) is 6.85. The van der Waals surface area contributed by atoms with E-state index in [1.807, 2.05) is 0 Å². The van der Waals surface area contributed by atoms with Gasteiger partial charge in [0, 0.05) is 0 Å². The van der Waals surface area contributed by atoms with E-state index in [4.69, 9.17) is 0 Å². The predicted molar refractivity (Wildman–Crippen MR) is 96.8 cm³/mol. The Labute approximate surface area is 176 Å². The Morgan fingerprint density at radius 1 is 0.478 bits per heavy atom. The second-order valence-electron chi connectivity index (χ2n) is 5.01. The Morgan fingerprint density at radius 3 is 0.913 bits per heavy atom. The molecule has 0 spiro atoms. The van der Waals surface area contributed by atoms with Crippen molar-refractivity contribution in [2.45, 2.75) is 0 Å². The Hall–Kier alpha value is -0.184. The number of rotatable bonds is 3. The molecule has 0 aliphatic rings. The van der Waals surface area contributed by atoms with Crippen LogP contribution in [0.4, 0.5) is 0 Å². The fourth-order valence-electron chi connectivity index (χ4n) is 2.63. The first-order valence-corrected chi connectivity index (χ1v) is 9.09. The molecule has 0 nitrogen and oxygen atoms in total. The van der Waals surface area contributed by atoms with Gasteiger partial charge in [0.1, 0.15) is 23.2 Å². The second kappa shape index (κ2) is 10.6. The molecule has 0 amide bonds. The van der Waals surface area contributed by atoms with E-state index in [2.05, 4.69) is 97.7 Å². The van der Waals surface area contributed by atoms with E-state index in [9.17, 15) is 0 Å². The van der Waals surface area contributed by atoms with Crippen molar-refractivity contribution in [1.82, 2.24) is 0 Å². The van der Waals surface area contributed by atoms with E-state index in [0.29, 0.717) is 0 Å². The molecule has 0 N–H and O–H groups in total. The molecule has 0 atom stereocenters. The van der Waals surface area contributed by atoms with Crippen LogP contribution in [0.15, 0.2) is 91.0 Å². The van der Waals surface area contributed by atoms with Crippen LogP contribution in [0.5, 0.6) is 0 Å². The van der Waals surface area contributed by atoms with Crippen molar-refractivity contribution in [2.75, 3.05) is 6.66 Å². The van der Waals surface area contributed by atoms with Crippen molar-refractivity contribution in [2.24, 2.45) is 0 Å². The molecule has 0 radical (unpaired) electrons. The third kappa shape index (κ3) is 4.90. The molecule has 0 heterocycles. The van der Waals surface area contributed by atoms with E-state index < -0.39 is 7.26 Å². The van der Waals surface area contributed by atoms with E-state index >= 15 is 0 Å². The van der Waals surface area contributed by atoms with Gasteiger partial charge in [-0.05, 0) is 36.4 Å². The van der Waals surface area contributed by atoms with Gasteiger partial charge >= 0.3 is 23.1 Å². The van der Waals surface area contributed by atoms with Gasteiger partial charge < -0.3 is 34.0 Å². The minimum absolute atomic E-state index is 0. The van der Waals surface area contributed by atoms with Crippen LogP contribution in [0.2, 0.25) is 0 Å². The summed E-state index contributed by atoms with van der Waals surface area (Å²) in [5.41, 5.74) is 0. The van der Waals surface area contributed by atoms with Crippen molar-refractivity contribution in [3.63, 3.8) is 0 Å². The maximum atomic E-state index is 2.41. The van der Waals surface area contributed by atoms with E-state index in [0.717, 1.165) is 0 Å². The maximum absolute atomic E-state index is 2.41. The summed E-state index contributed by atoms with van der Waals surface area (Å²) in [7, 11) is -1.53. The fourth-order valence-corrected chi connectivity index (χ4v) is 5.83. The summed E-state index contributed by atoms with van der Waals surface area (Å²) in [6.45, 7) is 2.41. The quantitative estimate of drug-likeness (QED) is 0.293. The maximum Gasteiger partial charge on any atom is 2.00 e.